The second-order valence-corrected chi connectivity index (χ2v) is 11.6. The molecule has 0 bridgehead atoms. The van der Waals surface area contributed by atoms with Gasteiger partial charge in [0.25, 0.3) is 0 Å². The van der Waals surface area contributed by atoms with E-state index in [1.54, 1.807) is 18.2 Å². The number of ether oxygens (including phenoxy) is 1. The normalized spacial score (nSPS) is 26.9. The predicted octanol–water partition coefficient (Wildman–Crippen LogP) is 0.580. The van der Waals surface area contributed by atoms with E-state index in [2.05, 4.69) is 11.8 Å². The van der Waals surface area contributed by atoms with Gasteiger partial charge in [-0.1, -0.05) is 13.0 Å². The minimum absolute atomic E-state index is 0.0873. The molecule has 0 amide bonds. The van der Waals surface area contributed by atoms with Crippen molar-refractivity contribution in [2.75, 3.05) is 51.3 Å². The van der Waals surface area contributed by atoms with Gasteiger partial charge in [0, 0.05) is 32.2 Å². The first-order chi connectivity index (χ1) is 12.7. The van der Waals surface area contributed by atoms with Crippen molar-refractivity contribution < 1.29 is 21.6 Å². The van der Waals surface area contributed by atoms with E-state index in [0.717, 1.165) is 25.2 Å². The molecule has 2 saturated heterocycles. The van der Waals surface area contributed by atoms with Gasteiger partial charge in [-0.3, -0.25) is 4.90 Å². The van der Waals surface area contributed by atoms with Crippen molar-refractivity contribution in [1.29, 1.82) is 0 Å². The fraction of sp³-hybridized carbons (Fsp3) is 0.667. The van der Waals surface area contributed by atoms with Crippen molar-refractivity contribution in [2.24, 2.45) is 0 Å². The summed E-state index contributed by atoms with van der Waals surface area (Å²) in [5.74, 6) is -0.165. The highest BCUT2D eigenvalue weighted by molar-refractivity contribution is 7.96. The first kappa shape index (κ1) is 20.6. The molecule has 152 valence electrons. The van der Waals surface area contributed by atoms with Crippen LogP contribution in [0.25, 0.3) is 0 Å². The maximum absolute atomic E-state index is 13.4. The van der Waals surface area contributed by atoms with Gasteiger partial charge in [0.15, 0.2) is 19.7 Å². The number of benzene rings is 1. The molecule has 3 rings (SSSR count). The topological polar surface area (TPSA) is 84.0 Å². The van der Waals surface area contributed by atoms with Crippen LogP contribution in [0.2, 0.25) is 0 Å². The van der Waals surface area contributed by atoms with Crippen LogP contribution in [0.3, 0.4) is 0 Å². The summed E-state index contributed by atoms with van der Waals surface area (Å²) >= 11 is 0. The van der Waals surface area contributed by atoms with Crippen molar-refractivity contribution in [3.05, 3.63) is 23.8 Å². The van der Waals surface area contributed by atoms with E-state index in [-0.39, 0.29) is 22.2 Å². The average Bonchev–Trinajstić information content (AvgIpc) is 2.98. The van der Waals surface area contributed by atoms with Crippen LogP contribution >= 0.6 is 0 Å². The molecule has 2 aliphatic heterocycles. The lowest BCUT2D eigenvalue weighted by Gasteiger charge is -2.39. The third-order valence-electron chi connectivity index (χ3n) is 5.62. The molecule has 0 N–H and O–H groups in total. The molecule has 9 heteroatoms. The number of aryl methyl sites for hydroxylation is 1. The van der Waals surface area contributed by atoms with Gasteiger partial charge in [0.1, 0.15) is 10.6 Å². The number of likely N-dealkylation sites (N-methyl/N-ethyl adjacent to an activating group) is 1. The standard InChI is InChI=1S/C18H28N2O5S2/c1-4-19-7-9-20(10-8-19)15-12-26(21,22)13-18(15)27(23,24)17-11-14(2)5-6-16(17)25-3/h5-6,11,15,18H,4,7-10,12-13H2,1-3H3/t15-,18+/m1/s1. The van der Waals surface area contributed by atoms with Gasteiger partial charge in [-0.05, 0) is 31.2 Å². The van der Waals surface area contributed by atoms with E-state index < -0.39 is 31.0 Å². The zero-order valence-corrected chi connectivity index (χ0v) is 17.7. The van der Waals surface area contributed by atoms with Gasteiger partial charge >= 0.3 is 0 Å². The SMILES string of the molecule is CCN1CCN([C@@H]2CS(=O)(=O)C[C@@H]2S(=O)(=O)c2cc(C)ccc2OC)CC1. The maximum atomic E-state index is 13.4. The number of sulfone groups is 2. The molecule has 0 radical (unpaired) electrons. The quantitative estimate of drug-likeness (QED) is 0.694. The molecule has 0 saturated carbocycles. The Hall–Kier alpha value is -1.16. The lowest BCUT2D eigenvalue weighted by atomic mass is 10.2. The lowest BCUT2D eigenvalue weighted by molar-refractivity contribution is 0.109. The maximum Gasteiger partial charge on any atom is 0.187 e. The van der Waals surface area contributed by atoms with Crippen molar-refractivity contribution in [2.45, 2.75) is 30.0 Å². The Kier molecular flexibility index (Phi) is 5.86. The van der Waals surface area contributed by atoms with Crippen LogP contribution in [0.15, 0.2) is 23.1 Å². The first-order valence-corrected chi connectivity index (χ1v) is 12.6. The summed E-state index contributed by atoms with van der Waals surface area (Å²) in [6, 6.07) is 4.47. The Morgan fingerprint density at radius 1 is 1.15 bits per heavy atom. The smallest absolute Gasteiger partial charge is 0.187 e. The number of hydrogen-bond acceptors (Lipinski definition) is 7. The molecule has 0 aliphatic carbocycles. The summed E-state index contributed by atoms with van der Waals surface area (Å²) in [6.45, 7) is 7.87. The molecule has 2 heterocycles. The Balaban J connectivity index is 1.96. The largest absolute Gasteiger partial charge is 0.495 e. The first-order valence-electron chi connectivity index (χ1n) is 9.23. The van der Waals surface area contributed by atoms with E-state index >= 15 is 0 Å². The van der Waals surface area contributed by atoms with Gasteiger partial charge in [-0.25, -0.2) is 16.8 Å². The number of methoxy groups -OCH3 is 1. The Morgan fingerprint density at radius 2 is 1.81 bits per heavy atom. The third kappa shape index (κ3) is 4.16. The molecule has 2 atom stereocenters. The number of piperazine rings is 1. The lowest BCUT2D eigenvalue weighted by Crippen LogP contribution is -2.54. The minimum atomic E-state index is -3.85. The molecular formula is C18H28N2O5S2. The van der Waals surface area contributed by atoms with Gasteiger partial charge < -0.3 is 9.64 Å². The number of rotatable bonds is 5. The zero-order chi connectivity index (χ0) is 19.8. The summed E-state index contributed by atoms with van der Waals surface area (Å²) in [7, 11) is -5.83. The van der Waals surface area contributed by atoms with Crippen molar-refractivity contribution in [3.8, 4) is 5.75 Å². The van der Waals surface area contributed by atoms with Crippen LogP contribution in [0.5, 0.6) is 5.75 Å². The average molecular weight is 417 g/mol. The van der Waals surface area contributed by atoms with Crippen LogP contribution in [0.1, 0.15) is 12.5 Å². The van der Waals surface area contributed by atoms with Crippen LogP contribution in [0.4, 0.5) is 0 Å². The molecule has 2 fully saturated rings. The molecule has 1 aromatic carbocycles. The van der Waals surface area contributed by atoms with Crippen LogP contribution in [-0.4, -0.2) is 89.3 Å². The Labute approximate surface area is 162 Å². The van der Waals surface area contributed by atoms with Gasteiger partial charge in [0.05, 0.1) is 23.9 Å². The highest BCUT2D eigenvalue weighted by atomic mass is 32.2. The van der Waals surface area contributed by atoms with E-state index in [4.69, 9.17) is 4.74 Å². The van der Waals surface area contributed by atoms with Gasteiger partial charge in [0.2, 0.25) is 0 Å². The molecule has 0 unspecified atom stereocenters. The molecule has 1 aromatic rings. The second kappa shape index (κ2) is 7.69. The van der Waals surface area contributed by atoms with Crippen LogP contribution < -0.4 is 4.74 Å². The fourth-order valence-corrected chi connectivity index (χ4v) is 9.09. The summed E-state index contributed by atoms with van der Waals surface area (Å²) in [6.07, 6.45) is 0. The summed E-state index contributed by atoms with van der Waals surface area (Å²) < 4.78 is 56.9. The van der Waals surface area contributed by atoms with E-state index in [0.29, 0.717) is 13.1 Å². The summed E-state index contributed by atoms with van der Waals surface area (Å²) in [5.41, 5.74) is 0.795. The van der Waals surface area contributed by atoms with E-state index in [9.17, 15) is 16.8 Å². The summed E-state index contributed by atoms with van der Waals surface area (Å²) in [5, 5.41) is -0.966. The van der Waals surface area contributed by atoms with Crippen LogP contribution in [0, 0.1) is 6.92 Å². The fourth-order valence-electron chi connectivity index (χ4n) is 4.01. The van der Waals surface area contributed by atoms with Crippen molar-refractivity contribution >= 4 is 19.7 Å². The number of nitrogens with zero attached hydrogens (tertiary/aromatic N) is 2. The molecule has 2 aliphatic rings. The zero-order valence-electron chi connectivity index (χ0n) is 16.1. The van der Waals surface area contributed by atoms with Crippen LogP contribution in [-0.2, 0) is 19.7 Å². The molecule has 0 spiro atoms. The minimum Gasteiger partial charge on any atom is -0.495 e. The van der Waals surface area contributed by atoms with E-state index in [1.807, 2.05) is 11.8 Å². The van der Waals surface area contributed by atoms with E-state index in [1.165, 1.54) is 7.11 Å². The summed E-state index contributed by atoms with van der Waals surface area (Å²) in [4.78, 5) is 4.41. The Bertz CT molecular complexity index is 890. The van der Waals surface area contributed by atoms with Crippen molar-refractivity contribution in [1.82, 2.24) is 9.80 Å². The second-order valence-electron chi connectivity index (χ2n) is 7.35. The van der Waals surface area contributed by atoms with Gasteiger partial charge in [-0.2, -0.15) is 0 Å². The Morgan fingerprint density at radius 3 is 2.41 bits per heavy atom. The molecular weight excluding hydrogens is 388 g/mol. The molecule has 27 heavy (non-hydrogen) atoms. The highest BCUT2D eigenvalue weighted by Gasteiger charge is 2.49. The monoisotopic (exact) mass is 416 g/mol. The third-order valence-corrected chi connectivity index (χ3v) is 9.76. The molecule has 0 aromatic heterocycles. The van der Waals surface area contributed by atoms with Gasteiger partial charge in [-0.15, -0.1) is 0 Å². The molecule has 7 nitrogen and oxygen atoms in total. The number of hydrogen-bond donors (Lipinski definition) is 0. The van der Waals surface area contributed by atoms with Crippen molar-refractivity contribution in [3.63, 3.8) is 0 Å². The predicted molar refractivity (Wildman–Crippen MR) is 105 cm³/mol. The highest BCUT2D eigenvalue weighted by Crippen LogP contribution is 2.34.